The lowest BCUT2D eigenvalue weighted by molar-refractivity contribution is 0.213. The van der Waals surface area contributed by atoms with Crippen molar-refractivity contribution in [2.24, 2.45) is 16.8 Å². The van der Waals surface area contributed by atoms with Crippen molar-refractivity contribution in [1.82, 2.24) is 20.4 Å². The molecule has 5 heteroatoms. The lowest BCUT2D eigenvalue weighted by Crippen LogP contribution is -2.47. The fraction of sp³-hybridized carbons (Fsp3) is 0.944. The van der Waals surface area contributed by atoms with E-state index in [9.17, 15) is 0 Å². The highest BCUT2D eigenvalue weighted by molar-refractivity contribution is 5.80. The van der Waals surface area contributed by atoms with Crippen LogP contribution in [0.25, 0.3) is 0 Å². The van der Waals surface area contributed by atoms with Crippen LogP contribution < -0.4 is 10.6 Å². The zero-order valence-electron chi connectivity index (χ0n) is 15.8. The molecule has 0 amide bonds. The first-order valence-electron chi connectivity index (χ1n) is 9.39. The van der Waals surface area contributed by atoms with Crippen molar-refractivity contribution in [1.29, 1.82) is 0 Å². The summed E-state index contributed by atoms with van der Waals surface area (Å²) in [6.07, 6.45) is 3.94. The molecule has 5 nitrogen and oxygen atoms in total. The van der Waals surface area contributed by atoms with Gasteiger partial charge in [0.05, 0.1) is 0 Å². The number of likely N-dealkylation sites (tertiary alicyclic amines) is 2. The van der Waals surface area contributed by atoms with E-state index in [2.05, 4.69) is 53.2 Å². The second-order valence-corrected chi connectivity index (χ2v) is 7.81. The maximum absolute atomic E-state index is 4.42. The van der Waals surface area contributed by atoms with Crippen LogP contribution in [0.5, 0.6) is 0 Å². The maximum atomic E-state index is 4.42. The van der Waals surface area contributed by atoms with Gasteiger partial charge in [0.1, 0.15) is 0 Å². The molecule has 0 aromatic rings. The molecule has 0 bridgehead atoms. The van der Waals surface area contributed by atoms with Gasteiger partial charge in [0, 0.05) is 38.8 Å². The van der Waals surface area contributed by atoms with E-state index in [1.54, 1.807) is 0 Å². The van der Waals surface area contributed by atoms with Gasteiger partial charge >= 0.3 is 0 Å². The number of aliphatic imine (C=N–C) groups is 1. The molecule has 2 atom stereocenters. The van der Waals surface area contributed by atoms with Crippen LogP contribution in [0.2, 0.25) is 0 Å². The zero-order chi connectivity index (χ0) is 16.8. The van der Waals surface area contributed by atoms with Crippen LogP contribution in [-0.4, -0.2) is 74.7 Å². The molecule has 2 unspecified atom stereocenters. The van der Waals surface area contributed by atoms with Crippen LogP contribution in [0.1, 0.15) is 40.0 Å². The van der Waals surface area contributed by atoms with E-state index in [0.29, 0.717) is 18.0 Å². The molecule has 0 spiro atoms. The third-order valence-electron chi connectivity index (χ3n) is 5.60. The minimum Gasteiger partial charge on any atom is -0.356 e. The predicted molar refractivity (Wildman–Crippen MR) is 99.0 cm³/mol. The van der Waals surface area contributed by atoms with Crippen molar-refractivity contribution in [3.05, 3.63) is 0 Å². The lowest BCUT2D eigenvalue weighted by Gasteiger charge is -2.29. The van der Waals surface area contributed by atoms with Crippen LogP contribution in [0.3, 0.4) is 0 Å². The van der Waals surface area contributed by atoms with Gasteiger partial charge in [-0.1, -0.05) is 6.92 Å². The van der Waals surface area contributed by atoms with Gasteiger partial charge < -0.3 is 15.5 Å². The summed E-state index contributed by atoms with van der Waals surface area (Å²) >= 11 is 0. The largest absolute Gasteiger partial charge is 0.356 e. The van der Waals surface area contributed by atoms with E-state index >= 15 is 0 Å². The lowest BCUT2D eigenvalue weighted by atomic mass is 9.94. The van der Waals surface area contributed by atoms with Crippen LogP contribution in [-0.2, 0) is 0 Å². The van der Waals surface area contributed by atoms with Crippen molar-refractivity contribution in [2.45, 2.75) is 52.1 Å². The molecule has 0 aromatic carbocycles. The van der Waals surface area contributed by atoms with Gasteiger partial charge in [-0.3, -0.25) is 9.89 Å². The molecule has 2 rings (SSSR count). The monoisotopic (exact) mass is 323 g/mol. The Balaban J connectivity index is 1.69. The molecule has 0 aliphatic carbocycles. The number of nitrogens with one attached hydrogen (secondary N) is 2. The minimum atomic E-state index is 0.506. The number of nitrogens with zero attached hydrogens (tertiary/aromatic N) is 3. The number of hydrogen-bond acceptors (Lipinski definition) is 3. The molecule has 0 radical (unpaired) electrons. The van der Waals surface area contributed by atoms with Crippen molar-refractivity contribution in [2.75, 3.05) is 46.8 Å². The molecular weight excluding hydrogens is 286 g/mol. The van der Waals surface area contributed by atoms with Gasteiger partial charge in [-0.05, 0) is 65.1 Å². The van der Waals surface area contributed by atoms with Crippen molar-refractivity contribution in [3.8, 4) is 0 Å². The first kappa shape index (κ1) is 18.5. The highest BCUT2D eigenvalue weighted by Crippen LogP contribution is 2.19. The standard InChI is InChI=1S/C18H37N5/c1-14(2)23-12-15(3)17(13-23)21-18(19-4)20-9-6-16-7-10-22(5)11-8-16/h14-17H,6-13H2,1-5H3,(H2,19,20,21). The molecule has 2 heterocycles. The summed E-state index contributed by atoms with van der Waals surface area (Å²) in [6, 6.07) is 1.13. The number of hydrogen-bond donors (Lipinski definition) is 2. The summed E-state index contributed by atoms with van der Waals surface area (Å²) in [7, 11) is 4.11. The fourth-order valence-electron chi connectivity index (χ4n) is 3.73. The van der Waals surface area contributed by atoms with Gasteiger partial charge in [-0.15, -0.1) is 0 Å². The Bertz CT molecular complexity index is 374. The first-order chi connectivity index (χ1) is 11.0. The summed E-state index contributed by atoms with van der Waals surface area (Å²) in [5.41, 5.74) is 0. The van der Waals surface area contributed by atoms with Crippen LogP contribution in [0, 0.1) is 11.8 Å². The summed E-state index contributed by atoms with van der Waals surface area (Å²) in [6.45, 7) is 12.7. The maximum Gasteiger partial charge on any atom is 0.191 e. The summed E-state index contributed by atoms with van der Waals surface area (Å²) in [4.78, 5) is 9.40. The van der Waals surface area contributed by atoms with E-state index in [1.165, 1.54) is 38.9 Å². The second kappa shape index (κ2) is 8.88. The quantitative estimate of drug-likeness (QED) is 0.596. The molecule has 2 fully saturated rings. The third-order valence-corrected chi connectivity index (χ3v) is 5.60. The number of rotatable bonds is 5. The molecule has 2 saturated heterocycles. The SMILES string of the molecule is CN=C(NCCC1CCN(C)CC1)NC1CN(C(C)C)CC1C. The Hall–Kier alpha value is -0.810. The van der Waals surface area contributed by atoms with E-state index < -0.39 is 0 Å². The highest BCUT2D eigenvalue weighted by Gasteiger charge is 2.31. The Labute approximate surface area is 142 Å². The van der Waals surface area contributed by atoms with Crippen LogP contribution in [0.4, 0.5) is 0 Å². The van der Waals surface area contributed by atoms with E-state index in [4.69, 9.17) is 0 Å². The zero-order valence-corrected chi connectivity index (χ0v) is 15.8. The molecular formula is C18H37N5. The number of guanidine groups is 1. The number of piperidine rings is 1. The molecule has 0 aromatic heterocycles. The Morgan fingerprint density at radius 3 is 2.48 bits per heavy atom. The minimum absolute atomic E-state index is 0.506. The predicted octanol–water partition coefficient (Wildman–Crippen LogP) is 1.61. The Kier molecular flexibility index (Phi) is 7.15. The van der Waals surface area contributed by atoms with Gasteiger partial charge in [0.2, 0.25) is 0 Å². The van der Waals surface area contributed by atoms with Gasteiger partial charge in [0.25, 0.3) is 0 Å². The first-order valence-corrected chi connectivity index (χ1v) is 9.39. The third kappa shape index (κ3) is 5.64. The summed E-state index contributed by atoms with van der Waals surface area (Å²) in [5.74, 6) is 2.52. The normalized spacial score (nSPS) is 28.5. The Morgan fingerprint density at radius 1 is 1.22 bits per heavy atom. The van der Waals surface area contributed by atoms with Crippen molar-refractivity contribution in [3.63, 3.8) is 0 Å². The topological polar surface area (TPSA) is 42.9 Å². The van der Waals surface area contributed by atoms with E-state index in [1.807, 2.05) is 7.05 Å². The second-order valence-electron chi connectivity index (χ2n) is 7.81. The smallest absolute Gasteiger partial charge is 0.191 e. The fourth-order valence-corrected chi connectivity index (χ4v) is 3.73. The average Bonchev–Trinajstić information content (AvgIpc) is 2.89. The summed E-state index contributed by atoms with van der Waals surface area (Å²) < 4.78 is 0. The molecule has 0 saturated carbocycles. The van der Waals surface area contributed by atoms with Gasteiger partial charge in [0.15, 0.2) is 5.96 Å². The van der Waals surface area contributed by atoms with Crippen molar-refractivity contribution < 1.29 is 0 Å². The van der Waals surface area contributed by atoms with Crippen molar-refractivity contribution >= 4 is 5.96 Å². The molecule has 2 N–H and O–H groups in total. The molecule has 134 valence electrons. The molecule has 2 aliphatic rings. The Morgan fingerprint density at radius 2 is 1.91 bits per heavy atom. The van der Waals surface area contributed by atoms with Gasteiger partial charge in [-0.2, -0.15) is 0 Å². The van der Waals surface area contributed by atoms with Gasteiger partial charge in [-0.25, -0.2) is 0 Å². The molecule has 2 aliphatic heterocycles. The van der Waals surface area contributed by atoms with E-state index in [-0.39, 0.29) is 0 Å². The highest BCUT2D eigenvalue weighted by atomic mass is 15.3. The summed E-state index contributed by atoms with van der Waals surface area (Å²) in [5, 5.41) is 7.16. The van der Waals surface area contributed by atoms with Crippen LogP contribution in [0.15, 0.2) is 4.99 Å². The van der Waals surface area contributed by atoms with E-state index in [0.717, 1.165) is 25.0 Å². The van der Waals surface area contributed by atoms with Crippen LogP contribution >= 0.6 is 0 Å². The average molecular weight is 324 g/mol. The molecule has 23 heavy (non-hydrogen) atoms.